The lowest BCUT2D eigenvalue weighted by Crippen LogP contribution is -2.32. The minimum atomic E-state index is -0.836. The van der Waals surface area contributed by atoms with Crippen LogP contribution >= 0.6 is 0 Å². The van der Waals surface area contributed by atoms with Crippen LogP contribution < -0.4 is 4.74 Å². The van der Waals surface area contributed by atoms with Crippen LogP contribution in [-0.4, -0.2) is 48.6 Å². The second-order valence-corrected chi connectivity index (χ2v) is 6.49. The maximum absolute atomic E-state index is 13.4. The molecule has 29 heavy (non-hydrogen) atoms. The van der Waals surface area contributed by atoms with Crippen molar-refractivity contribution >= 4 is 17.4 Å². The summed E-state index contributed by atoms with van der Waals surface area (Å²) in [5.74, 6) is -1.62. The molecule has 1 aliphatic rings. The van der Waals surface area contributed by atoms with Crippen molar-refractivity contribution in [3.8, 4) is 5.75 Å². The fraction of sp³-hybridized carbons (Fsp3) is 0.273. The molecule has 3 rings (SSSR count). The minimum Gasteiger partial charge on any atom is -0.507 e. The van der Waals surface area contributed by atoms with Gasteiger partial charge >= 0.3 is 0 Å². The lowest BCUT2D eigenvalue weighted by atomic mass is 9.95. The summed E-state index contributed by atoms with van der Waals surface area (Å²) in [6.45, 7) is 2.73. The van der Waals surface area contributed by atoms with Crippen LogP contribution in [0.4, 0.5) is 4.39 Å². The number of nitrogens with zero attached hydrogens (tertiary/aromatic N) is 1. The first-order chi connectivity index (χ1) is 14.0. The van der Waals surface area contributed by atoms with E-state index in [1.54, 1.807) is 24.3 Å². The number of carbonyl (C=O) groups is 2. The molecule has 1 fully saturated rings. The van der Waals surface area contributed by atoms with E-state index in [4.69, 9.17) is 9.47 Å². The summed E-state index contributed by atoms with van der Waals surface area (Å²) in [6.07, 6.45) is 0. The summed E-state index contributed by atoms with van der Waals surface area (Å²) < 4.78 is 23.8. The van der Waals surface area contributed by atoms with Gasteiger partial charge in [0.1, 0.15) is 17.3 Å². The fourth-order valence-electron chi connectivity index (χ4n) is 3.32. The summed E-state index contributed by atoms with van der Waals surface area (Å²) in [7, 11) is 1.49. The van der Waals surface area contributed by atoms with E-state index in [9.17, 15) is 19.1 Å². The van der Waals surface area contributed by atoms with Gasteiger partial charge in [-0.2, -0.15) is 0 Å². The molecule has 1 heterocycles. The average molecular weight is 399 g/mol. The number of benzene rings is 2. The maximum Gasteiger partial charge on any atom is 0.295 e. The molecule has 1 aliphatic heterocycles. The molecule has 2 aromatic carbocycles. The summed E-state index contributed by atoms with van der Waals surface area (Å²) in [6, 6.07) is 11.2. The molecule has 1 N–H and O–H groups in total. The third-order valence-electron chi connectivity index (χ3n) is 4.70. The molecular formula is C22H22FNO5. The Morgan fingerprint density at radius 3 is 2.34 bits per heavy atom. The van der Waals surface area contributed by atoms with Gasteiger partial charge < -0.3 is 19.5 Å². The number of aliphatic hydroxyl groups excluding tert-OH is 1. The largest absolute Gasteiger partial charge is 0.507 e. The van der Waals surface area contributed by atoms with Crippen molar-refractivity contribution in [1.82, 2.24) is 4.90 Å². The first-order valence-corrected chi connectivity index (χ1v) is 9.24. The zero-order chi connectivity index (χ0) is 21.0. The van der Waals surface area contributed by atoms with Gasteiger partial charge in [-0.1, -0.05) is 12.1 Å². The Hall–Kier alpha value is -3.19. The van der Waals surface area contributed by atoms with Gasteiger partial charge in [-0.3, -0.25) is 9.59 Å². The van der Waals surface area contributed by atoms with Gasteiger partial charge in [-0.15, -0.1) is 0 Å². The van der Waals surface area contributed by atoms with Crippen molar-refractivity contribution in [3.05, 3.63) is 71.0 Å². The first-order valence-electron chi connectivity index (χ1n) is 9.24. The SMILES string of the molecule is CCOc1ccc(C(O)=C2C(=O)C(=O)N(CCOC)[C@H]2c2ccc(F)cc2)cc1. The minimum absolute atomic E-state index is 0.0399. The summed E-state index contributed by atoms with van der Waals surface area (Å²) >= 11 is 0. The second-order valence-electron chi connectivity index (χ2n) is 6.49. The van der Waals surface area contributed by atoms with Gasteiger partial charge in [0, 0.05) is 19.2 Å². The Labute approximate surface area is 168 Å². The number of amides is 1. The van der Waals surface area contributed by atoms with E-state index in [-0.39, 0.29) is 24.5 Å². The number of carbonyl (C=O) groups excluding carboxylic acids is 2. The average Bonchev–Trinajstić information content (AvgIpc) is 2.98. The summed E-state index contributed by atoms with van der Waals surface area (Å²) in [4.78, 5) is 26.7. The number of aliphatic hydroxyl groups is 1. The molecule has 6 nitrogen and oxygen atoms in total. The standard InChI is InChI=1S/C22H22FNO5/c1-3-29-17-10-6-15(7-11-17)20(25)18-19(14-4-8-16(23)9-5-14)24(12-13-28-2)22(27)21(18)26/h4-11,19,25H,3,12-13H2,1-2H3/t19-/m0/s1. The van der Waals surface area contributed by atoms with Gasteiger partial charge in [0.2, 0.25) is 0 Å². The number of halogens is 1. The molecule has 0 unspecified atom stereocenters. The molecule has 0 radical (unpaired) electrons. The van der Waals surface area contributed by atoms with E-state index in [2.05, 4.69) is 0 Å². The zero-order valence-electron chi connectivity index (χ0n) is 16.2. The normalized spacial score (nSPS) is 18.3. The number of Topliss-reactive ketones (excluding diaryl/α,β-unsaturated/α-hetero) is 1. The van der Waals surface area contributed by atoms with Crippen molar-refractivity contribution in [2.75, 3.05) is 26.9 Å². The van der Waals surface area contributed by atoms with Crippen LogP contribution in [-0.2, 0) is 14.3 Å². The van der Waals surface area contributed by atoms with Crippen LogP contribution in [0.15, 0.2) is 54.1 Å². The Bertz CT molecular complexity index is 921. The molecule has 1 amide bonds. The molecule has 0 aromatic heterocycles. The number of hydrogen-bond acceptors (Lipinski definition) is 5. The second kappa shape index (κ2) is 8.87. The van der Waals surface area contributed by atoms with Crippen molar-refractivity contribution in [2.24, 2.45) is 0 Å². The molecule has 1 atom stereocenters. The maximum atomic E-state index is 13.4. The monoisotopic (exact) mass is 399 g/mol. The molecule has 1 saturated heterocycles. The zero-order valence-corrected chi connectivity index (χ0v) is 16.2. The molecule has 0 aliphatic carbocycles. The van der Waals surface area contributed by atoms with E-state index in [1.165, 1.54) is 36.3 Å². The number of hydrogen-bond donors (Lipinski definition) is 1. The Morgan fingerprint density at radius 1 is 1.10 bits per heavy atom. The highest BCUT2D eigenvalue weighted by Gasteiger charge is 2.45. The Morgan fingerprint density at radius 2 is 1.76 bits per heavy atom. The highest BCUT2D eigenvalue weighted by molar-refractivity contribution is 6.46. The third-order valence-corrected chi connectivity index (χ3v) is 4.70. The van der Waals surface area contributed by atoms with Crippen LogP contribution in [0.25, 0.3) is 5.76 Å². The Kier molecular flexibility index (Phi) is 6.29. The summed E-state index contributed by atoms with van der Waals surface area (Å²) in [5, 5.41) is 10.9. The highest BCUT2D eigenvalue weighted by Crippen LogP contribution is 2.39. The molecule has 152 valence electrons. The lowest BCUT2D eigenvalue weighted by molar-refractivity contribution is -0.140. The Balaban J connectivity index is 2.09. The van der Waals surface area contributed by atoms with E-state index in [0.29, 0.717) is 23.5 Å². The fourth-order valence-corrected chi connectivity index (χ4v) is 3.32. The number of likely N-dealkylation sites (tertiary alicyclic amines) is 1. The van der Waals surface area contributed by atoms with E-state index >= 15 is 0 Å². The lowest BCUT2D eigenvalue weighted by Gasteiger charge is -2.25. The molecule has 0 bridgehead atoms. The van der Waals surface area contributed by atoms with E-state index < -0.39 is 23.5 Å². The first kappa shape index (κ1) is 20.5. The van der Waals surface area contributed by atoms with Gasteiger partial charge in [0.05, 0.1) is 24.8 Å². The van der Waals surface area contributed by atoms with Gasteiger partial charge in [-0.05, 0) is 48.9 Å². The van der Waals surface area contributed by atoms with Crippen LogP contribution in [0.1, 0.15) is 24.1 Å². The summed E-state index contributed by atoms with van der Waals surface area (Å²) in [5.41, 5.74) is 0.862. The predicted octanol–water partition coefficient (Wildman–Crippen LogP) is 3.29. The number of methoxy groups -OCH3 is 1. The van der Waals surface area contributed by atoms with Gasteiger partial charge in [-0.25, -0.2) is 4.39 Å². The molecule has 7 heteroatoms. The van der Waals surface area contributed by atoms with E-state index in [0.717, 1.165) is 0 Å². The third kappa shape index (κ3) is 4.14. The van der Waals surface area contributed by atoms with Crippen molar-refractivity contribution in [2.45, 2.75) is 13.0 Å². The van der Waals surface area contributed by atoms with Crippen LogP contribution in [0.3, 0.4) is 0 Å². The predicted molar refractivity (Wildman–Crippen MR) is 105 cm³/mol. The van der Waals surface area contributed by atoms with Crippen LogP contribution in [0, 0.1) is 5.82 Å². The topological polar surface area (TPSA) is 76.1 Å². The molecular weight excluding hydrogens is 377 g/mol. The van der Waals surface area contributed by atoms with Gasteiger partial charge in [0.25, 0.3) is 11.7 Å². The van der Waals surface area contributed by atoms with Crippen molar-refractivity contribution < 1.29 is 28.6 Å². The van der Waals surface area contributed by atoms with Crippen molar-refractivity contribution in [1.29, 1.82) is 0 Å². The van der Waals surface area contributed by atoms with Gasteiger partial charge in [0.15, 0.2) is 0 Å². The van der Waals surface area contributed by atoms with Crippen LogP contribution in [0.2, 0.25) is 0 Å². The molecule has 0 spiro atoms. The van der Waals surface area contributed by atoms with Crippen molar-refractivity contribution in [3.63, 3.8) is 0 Å². The number of ether oxygens (including phenoxy) is 2. The van der Waals surface area contributed by atoms with Crippen LogP contribution in [0.5, 0.6) is 5.75 Å². The number of rotatable bonds is 7. The number of ketones is 1. The smallest absolute Gasteiger partial charge is 0.295 e. The van der Waals surface area contributed by atoms with E-state index in [1.807, 2.05) is 6.92 Å². The quantitative estimate of drug-likeness (QED) is 0.439. The highest BCUT2D eigenvalue weighted by atomic mass is 19.1. The molecule has 2 aromatic rings. The molecule has 0 saturated carbocycles.